The number of aryl methyl sites for hydroxylation is 2. The average molecular weight is 271 g/mol. The van der Waals surface area contributed by atoms with Gasteiger partial charge in [0.15, 0.2) is 0 Å². The Morgan fingerprint density at radius 2 is 1.95 bits per heavy atom. The molecule has 0 unspecified atom stereocenters. The second-order valence-electron chi connectivity index (χ2n) is 4.56. The van der Waals surface area contributed by atoms with Crippen molar-refractivity contribution < 1.29 is 4.92 Å². The minimum absolute atomic E-state index is 0.0430. The van der Waals surface area contributed by atoms with E-state index in [1.807, 2.05) is 18.2 Å². The Morgan fingerprint density at radius 1 is 1.25 bits per heavy atom. The molecule has 0 spiro atoms. The third-order valence-electron chi connectivity index (χ3n) is 3.25. The molecule has 0 fully saturated rings. The summed E-state index contributed by atoms with van der Waals surface area (Å²) in [7, 11) is 0. The van der Waals surface area contributed by atoms with Gasteiger partial charge in [-0.05, 0) is 30.5 Å². The molecule has 2 rings (SSSR count). The van der Waals surface area contributed by atoms with Crippen LogP contribution in [0.5, 0.6) is 0 Å². The molecule has 0 saturated heterocycles. The third kappa shape index (κ3) is 2.93. The number of pyridine rings is 1. The van der Waals surface area contributed by atoms with Crippen LogP contribution in [-0.4, -0.2) is 9.91 Å². The van der Waals surface area contributed by atoms with Crippen molar-refractivity contribution in [2.75, 3.05) is 5.32 Å². The van der Waals surface area contributed by atoms with E-state index in [-0.39, 0.29) is 5.69 Å². The molecule has 20 heavy (non-hydrogen) atoms. The fraction of sp³-hybridized carbons (Fsp3) is 0.267. The number of hydrogen-bond acceptors (Lipinski definition) is 4. The van der Waals surface area contributed by atoms with E-state index < -0.39 is 4.92 Å². The van der Waals surface area contributed by atoms with Crippen LogP contribution >= 0.6 is 0 Å². The van der Waals surface area contributed by atoms with E-state index in [0.29, 0.717) is 17.9 Å². The quantitative estimate of drug-likeness (QED) is 0.667. The number of nitrogens with one attached hydrogen (secondary N) is 1. The zero-order valence-electron chi connectivity index (χ0n) is 11.6. The largest absolute Gasteiger partial charge is 0.360 e. The van der Waals surface area contributed by atoms with Gasteiger partial charge < -0.3 is 5.32 Å². The summed E-state index contributed by atoms with van der Waals surface area (Å²) in [6.07, 6.45) is 2.51. The first-order valence-electron chi connectivity index (χ1n) is 6.54. The predicted octanol–water partition coefficient (Wildman–Crippen LogP) is 3.47. The fourth-order valence-electron chi connectivity index (χ4n) is 2.16. The molecule has 5 nitrogen and oxygen atoms in total. The summed E-state index contributed by atoms with van der Waals surface area (Å²) < 4.78 is 0. The summed E-state index contributed by atoms with van der Waals surface area (Å²) in [5.74, 6) is 0.320. The third-order valence-corrected chi connectivity index (χ3v) is 3.25. The van der Waals surface area contributed by atoms with Crippen LogP contribution in [0.4, 0.5) is 11.5 Å². The molecule has 0 aliphatic rings. The lowest BCUT2D eigenvalue weighted by Gasteiger charge is -2.10. The lowest BCUT2D eigenvalue weighted by Crippen LogP contribution is -2.07. The number of benzene rings is 1. The number of nitrogens with zero attached hydrogens (tertiary/aromatic N) is 2. The van der Waals surface area contributed by atoms with Crippen LogP contribution < -0.4 is 5.32 Å². The summed E-state index contributed by atoms with van der Waals surface area (Å²) in [6, 6.07) is 9.69. The van der Waals surface area contributed by atoms with E-state index in [0.717, 1.165) is 12.0 Å². The van der Waals surface area contributed by atoms with Crippen molar-refractivity contribution >= 4 is 11.5 Å². The minimum Gasteiger partial charge on any atom is -0.360 e. The van der Waals surface area contributed by atoms with Crippen molar-refractivity contribution in [3.05, 3.63) is 63.3 Å². The predicted molar refractivity (Wildman–Crippen MR) is 78.8 cm³/mol. The number of nitro groups is 1. The maximum absolute atomic E-state index is 11.1. The molecule has 1 aromatic heterocycles. The number of hydrogen-bond donors (Lipinski definition) is 1. The molecule has 1 aromatic carbocycles. The van der Waals surface area contributed by atoms with Crippen LogP contribution in [0.25, 0.3) is 0 Å². The number of anilines is 1. The molecule has 0 atom stereocenters. The summed E-state index contributed by atoms with van der Waals surface area (Å²) in [5.41, 5.74) is 3.01. The molecule has 0 aliphatic heterocycles. The second-order valence-corrected chi connectivity index (χ2v) is 4.56. The van der Waals surface area contributed by atoms with E-state index in [4.69, 9.17) is 0 Å². The van der Waals surface area contributed by atoms with Gasteiger partial charge in [0.25, 0.3) is 0 Å². The van der Waals surface area contributed by atoms with E-state index in [1.54, 1.807) is 19.2 Å². The molecular weight excluding hydrogens is 254 g/mol. The molecular formula is C15H17N3O2. The molecule has 0 aliphatic carbocycles. The zero-order chi connectivity index (χ0) is 14.5. The Bertz CT molecular complexity index is 626. The molecule has 0 amide bonds. The smallest absolute Gasteiger partial charge is 0.314 e. The highest BCUT2D eigenvalue weighted by atomic mass is 16.6. The van der Waals surface area contributed by atoms with Gasteiger partial charge >= 0.3 is 5.69 Å². The van der Waals surface area contributed by atoms with Crippen molar-refractivity contribution in [3.63, 3.8) is 0 Å². The van der Waals surface area contributed by atoms with Crippen LogP contribution in [0.1, 0.15) is 23.6 Å². The summed E-state index contributed by atoms with van der Waals surface area (Å²) in [6.45, 7) is 4.33. The highest BCUT2D eigenvalue weighted by Gasteiger charge is 2.18. The standard InChI is InChI=1S/C15H17N3O2/c1-3-12-6-4-5-7-13(12)10-17-15-14(18(19)20)11(2)8-9-16-15/h4-9H,3,10H2,1-2H3,(H,16,17). The van der Waals surface area contributed by atoms with E-state index in [1.165, 1.54) is 5.56 Å². The highest BCUT2D eigenvalue weighted by Crippen LogP contribution is 2.26. The van der Waals surface area contributed by atoms with Crippen molar-refractivity contribution in [1.29, 1.82) is 0 Å². The fourth-order valence-corrected chi connectivity index (χ4v) is 2.16. The van der Waals surface area contributed by atoms with Crippen molar-refractivity contribution in [3.8, 4) is 0 Å². The first-order valence-corrected chi connectivity index (χ1v) is 6.54. The maximum Gasteiger partial charge on any atom is 0.314 e. The maximum atomic E-state index is 11.1. The second kappa shape index (κ2) is 6.14. The van der Waals surface area contributed by atoms with Gasteiger partial charge in [0.1, 0.15) is 0 Å². The van der Waals surface area contributed by atoms with Gasteiger partial charge in [0.2, 0.25) is 5.82 Å². The molecule has 1 heterocycles. The van der Waals surface area contributed by atoms with Crippen LogP contribution in [0.15, 0.2) is 36.5 Å². The zero-order valence-corrected chi connectivity index (χ0v) is 11.6. The topological polar surface area (TPSA) is 68.1 Å². The van der Waals surface area contributed by atoms with Gasteiger partial charge in [0, 0.05) is 18.3 Å². The Morgan fingerprint density at radius 3 is 2.60 bits per heavy atom. The Labute approximate surface area is 117 Å². The lowest BCUT2D eigenvalue weighted by atomic mass is 10.1. The van der Waals surface area contributed by atoms with Crippen molar-refractivity contribution in [2.24, 2.45) is 0 Å². The van der Waals surface area contributed by atoms with Gasteiger partial charge in [-0.1, -0.05) is 31.2 Å². The first kappa shape index (κ1) is 14.0. The number of rotatable bonds is 5. The molecule has 104 valence electrons. The molecule has 0 radical (unpaired) electrons. The van der Waals surface area contributed by atoms with E-state index in [9.17, 15) is 10.1 Å². The van der Waals surface area contributed by atoms with Gasteiger partial charge in [0.05, 0.1) is 4.92 Å². The monoisotopic (exact) mass is 271 g/mol. The van der Waals surface area contributed by atoms with Crippen LogP contribution in [0.3, 0.4) is 0 Å². The normalized spacial score (nSPS) is 10.3. The summed E-state index contributed by atoms with van der Waals surface area (Å²) >= 11 is 0. The van der Waals surface area contributed by atoms with Gasteiger partial charge in [-0.25, -0.2) is 4.98 Å². The van der Waals surface area contributed by atoms with Crippen LogP contribution in [-0.2, 0) is 13.0 Å². The Hall–Kier alpha value is -2.43. The summed E-state index contributed by atoms with van der Waals surface area (Å²) in [5, 5.41) is 14.2. The van der Waals surface area contributed by atoms with E-state index in [2.05, 4.69) is 23.3 Å². The van der Waals surface area contributed by atoms with Crippen LogP contribution in [0, 0.1) is 17.0 Å². The Kier molecular flexibility index (Phi) is 4.30. The average Bonchev–Trinajstić information content (AvgIpc) is 2.45. The first-order chi connectivity index (χ1) is 9.63. The highest BCUT2D eigenvalue weighted by molar-refractivity contribution is 5.60. The molecule has 2 aromatic rings. The minimum atomic E-state index is -0.392. The van der Waals surface area contributed by atoms with Gasteiger partial charge in [-0.15, -0.1) is 0 Å². The molecule has 0 saturated carbocycles. The lowest BCUT2D eigenvalue weighted by molar-refractivity contribution is -0.384. The van der Waals surface area contributed by atoms with Crippen LogP contribution in [0.2, 0.25) is 0 Å². The number of aromatic nitrogens is 1. The SMILES string of the molecule is CCc1ccccc1CNc1nccc(C)c1[N+](=O)[O-]. The molecule has 1 N–H and O–H groups in total. The Balaban J connectivity index is 2.23. The van der Waals surface area contributed by atoms with Crippen molar-refractivity contribution in [1.82, 2.24) is 4.98 Å². The molecule has 5 heteroatoms. The summed E-state index contributed by atoms with van der Waals surface area (Å²) in [4.78, 5) is 14.8. The van der Waals surface area contributed by atoms with E-state index >= 15 is 0 Å². The molecule has 0 bridgehead atoms. The van der Waals surface area contributed by atoms with Gasteiger partial charge in [-0.3, -0.25) is 10.1 Å². The van der Waals surface area contributed by atoms with Gasteiger partial charge in [-0.2, -0.15) is 0 Å². The van der Waals surface area contributed by atoms with Crippen molar-refractivity contribution in [2.45, 2.75) is 26.8 Å².